The Morgan fingerprint density at radius 1 is 1.17 bits per heavy atom. The van der Waals surface area contributed by atoms with Crippen molar-refractivity contribution in [2.24, 2.45) is 5.10 Å². The van der Waals surface area contributed by atoms with Crippen molar-refractivity contribution in [3.05, 3.63) is 58.1 Å². The van der Waals surface area contributed by atoms with E-state index in [2.05, 4.69) is 20.6 Å². The molecular weight excluding hydrogens is 379 g/mol. The number of nitrogens with one attached hydrogen (secondary N) is 2. The van der Waals surface area contributed by atoms with Crippen molar-refractivity contribution in [3.63, 3.8) is 0 Å². The van der Waals surface area contributed by atoms with Crippen LogP contribution in [0.1, 0.15) is 5.56 Å². The van der Waals surface area contributed by atoms with Gasteiger partial charge in [-0.1, -0.05) is 35.3 Å². The molecule has 2 N–H and O–H groups in total. The molecule has 0 heterocycles. The summed E-state index contributed by atoms with van der Waals surface area (Å²) in [5.74, 6) is 0.0152. The van der Waals surface area contributed by atoms with E-state index in [9.17, 15) is 8.78 Å². The summed E-state index contributed by atoms with van der Waals surface area (Å²) >= 11 is 16.8. The molecule has 9 heteroatoms. The molecule has 0 fully saturated rings. The number of hydrazone groups is 1. The Bertz CT molecular complexity index is 759. The van der Waals surface area contributed by atoms with Gasteiger partial charge in [-0.15, -0.1) is 0 Å². The Morgan fingerprint density at radius 2 is 1.92 bits per heavy atom. The topological polar surface area (TPSA) is 45.6 Å². The van der Waals surface area contributed by atoms with Crippen LogP contribution in [0, 0.1) is 0 Å². The van der Waals surface area contributed by atoms with E-state index in [1.165, 1.54) is 12.3 Å². The van der Waals surface area contributed by atoms with Gasteiger partial charge in [0.15, 0.2) is 5.11 Å². The molecule has 2 aromatic rings. The fourth-order valence-electron chi connectivity index (χ4n) is 1.68. The van der Waals surface area contributed by atoms with Crippen LogP contribution < -0.4 is 15.5 Å². The molecule has 0 aliphatic heterocycles. The summed E-state index contributed by atoms with van der Waals surface area (Å²) in [5, 5.41) is 7.74. The van der Waals surface area contributed by atoms with Crippen LogP contribution in [-0.4, -0.2) is 17.9 Å². The zero-order valence-electron chi connectivity index (χ0n) is 12.0. The van der Waals surface area contributed by atoms with Gasteiger partial charge >= 0.3 is 6.61 Å². The van der Waals surface area contributed by atoms with E-state index in [4.69, 9.17) is 35.4 Å². The largest absolute Gasteiger partial charge is 0.434 e. The summed E-state index contributed by atoms with van der Waals surface area (Å²) in [4.78, 5) is 0. The summed E-state index contributed by atoms with van der Waals surface area (Å²) < 4.78 is 29.0. The van der Waals surface area contributed by atoms with Gasteiger partial charge in [0.05, 0.1) is 16.3 Å². The number of nitrogens with zero attached hydrogens (tertiary/aromatic N) is 1. The molecule has 0 atom stereocenters. The predicted molar refractivity (Wildman–Crippen MR) is 96.5 cm³/mol. The first-order chi connectivity index (χ1) is 11.5. The minimum atomic E-state index is -2.91. The highest BCUT2D eigenvalue weighted by Crippen LogP contribution is 2.25. The van der Waals surface area contributed by atoms with Crippen LogP contribution in [0.3, 0.4) is 0 Å². The zero-order chi connectivity index (χ0) is 17.5. The first-order valence-corrected chi connectivity index (χ1v) is 7.71. The zero-order valence-corrected chi connectivity index (χ0v) is 14.3. The highest BCUT2D eigenvalue weighted by molar-refractivity contribution is 7.80. The molecular formula is C15H11Cl2F2N3OS. The average molecular weight is 390 g/mol. The SMILES string of the molecule is FC(F)Oc1ccccc1/C=N/NC(=S)Nc1ccc(Cl)c(Cl)c1. The van der Waals surface area contributed by atoms with Crippen molar-refractivity contribution in [3.8, 4) is 5.75 Å². The molecule has 0 unspecified atom stereocenters. The molecule has 126 valence electrons. The molecule has 0 spiro atoms. The van der Waals surface area contributed by atoms with Gasteiger partial charge in [0, 0.05) is 11.3 Å². The number of benzene rings is 2. The standard InChI is InChI=1S/C15H11Cl2F2N3OS/c16-11-6-5-10(7-12(11)17)21-15(24)22-20-8-9-3-1-2-4-13(9)23-14(18)19/h1-8,14H,(H2,21,22,24)/b20-8+. The van der Waals surface area contributed by atoms with Gasteiger partial charge in [0.1, 0.15) is 5.75 Å². The molecule has 2 rings (SSSR count). The lowest BCUT2D eigenvalue weighted by atomic mass is 10.2. The number of ether oxygens (including phenoxy) is 1. The summed E-state index contributed by atoms with van der Waals surface area (Å²) in [7, 11) is 0. The van der Waals surface area contributed by atoms with Gasteiger partial charge < -0.3 is 10.1 Å². The maximum Gasteiger partial charge on any atom is 0.387 e. The number of halogens is 4. The van der Waals surface area contributed by atoms with E-state index >= 15 is 0 Å². The second-order valence-corrected chi connectivity index (χ2v) is 5.59. The average Bonchev–Trinajstić information content (AvgIpc) is 2.52. The van der Waals surface area contributed by atoms with Crippen molar-refractivity contribution in [1.82, 2.24) is 5.43 Å². The van der Waals surface area contributed by atoms with E-state index in [0.717, 1.165) is 0 Å². The van der Waals surface area contributed by atoms with Gasteiger partial charge in [0.2, 0.25) is 0 Å². The fraction of sp³-hybridized carbons (Fsp3) is 0.0667. The van der Waals surface area contributed by atoms with Crippen LogP contribution in [0.4, 0.5) is 14.5 Å². The summed E-state index contributed by atoms with van der Waals surface area (Å²) in [5.41, 5.74) is 3.57. The molecule has 0 aromatic heterocycles. The van der Waals surface area contributed by atoms with Crippen LogP contribution in [0.2, 0.25) is 10.0 Å². The van der Waals surface area contributed by atoms with Crippen LogP contribution in [0.15, 0.2) is 47.6 Å². The van der Waals surface area contributed by atoms with E-state index in [1.807, 2.05) is 0 Å². The Labute approximate surface area is 152 Å². The van der Waals surface area contributed by atoms with Crippen LogP contribution in [-0.2, 0) is 0 Å². The highest BCUT2D eigenvalue weighted by atomic mass is 35.5. The molecule has 0 saturated heterocycles. The van der Waals surface area contributed by atoms with Crippen molar-refractivity contribution in [2.45, 2.75) is 6.61 Å². The number of para-hydroxylation sites is 1. The monoisotopic (exact) mass is 389 g/mol. The number of hydrogen-bond acceptors (Lipinski definition) is 3. The Kier molecular flexibility index (Phi) is 6.72. The lowest BCUT2D eigenvalue weighted by molar-refractivity contribution is -0.0499. The minimum Gasteiger partial charge on any atom is -0.434 e. The number of hydrogen-bond donors (Lipinski definition) is 2. The third-order valence-corrected chi connectivity index (χ3v) is 3.61. The summed E-state index contributed by atoms with van der Waals surface area (Å²) in [6, 6.07) is 11.2. The molecule has 0 bridgehead atoms. The minimum absolute atomic E-state index is 0.0152. The molecule has 4 nitrogen and oxygen atoms in total. The molecule has 0 radical (unpaired) electrons. The Balaban J connectivity index is 1.96. The van der Waals surface area contributed by atoms with E-state index in [1.54, 1.807) is 36.4 Å². The quantitative estimate of drug-likeness (QED) is 0.433. The molecule has 0 aliphatic rings. The highest BCUT2D eigenvalue weighted by Gasteiger charge is 2.07. The smallest absolute Gasteiger partial charge is 0.387 e. The summed E-state index contributed by atoms with van der Waals surface area (Å²) in [6.07, 6.45) is 1.32. The Morgan fingerprint density at radius 3 is 2.62 bits per heavy atom. The lowest BCUT2D eigenvalue weighted by Gasteiger charge is -2.09. The number of anilines is 1. The van der Waals surface area contributed by atoms with Crippen molar-refractivity contribution >= 4 is 52.4 Å². The molecule has 0 aliphatic carbocycles. The number of alkyl halides is 2. The van der Waals surface area contributed by atoms with E-state index in [0.29, 0.717) is 21.3 Å². The van der Waals surface area contributed by atoms with Gasteiger partial charge in [0.25, 0.3) is 0 Å². The maximum atomic E-state index is 12.3. The maximum absolute atomic E-state index is 12.3. The van der Waals surface area contributed by atoms with Gasteiger partial charge in [-0.25, -0.2) is 0 Å². The van der Waals surface area contributed by atoms with Crippen molar-refractivity contribution in [2.75, 3.05) is 5.32 Å². The first-order valence-electron chi connectivity index (χ1n) is 6.54. The van der Waals surface area contributed by atoms with Crippen LogP contribution >= 0.6 is 35.4 Å². The Hall–Kier alpha value is -1.96. The lowest BCUT2D eigenvalue weighted by Crippen LogP contribution is -2.23. The molecule has 0 saturated carbocycles. The van der Waals surface area contributed by atoms with Crippen LogP contribution in [0.25, 0.3) is 0 Å². The van der Waals surface area contributed by atoms with E-state index < -0.39 is 6.61 Å². The van der Waals surface area contributed by atoms with Gasteiger partial charge in [-0.3, -0.25) is 5.43 Å². The number of rotatable bonds is 5. The van der Waals surface area contributed by atoms with E-state index in [-0.39, 0.29) is 10.9 Å². The number of thiocarbonyl (C=S) groups is 1. The fourth-order valence-corrected chi connectivity index (χ4v) is 2.15. The second-order valence-electron chi connectivity index (χ2n) is 4.37. The third-order valence-electron chi connectivity index (χ3n) is 2.68. The predicted octanol–water partition coefficient (Wildman–Crippen LogP) is 4.92. The molecule has 0 amide bonds. The molecule has 24 heavy (non-hydrogen) atoms. The second kappa shape index (κ2) is 8.77. The summed E-state index contributed by atoms with van der Waals surface area (Å²) in [6.45, 7) is -2.91. The molecule has 2 aromatic carbocycles. The van der Waals surface area contributed by atoms with Gasteiger partial charge in [-0.2, -0.15) is 13.9 Å². The van der Waals surface area contributed by atoms with Gasteiger partial charge in [-0.05, 0) is 42.5 Å². The first kappa shape index (κ1) is 18.4. The van der Waals surface area contributed by atoms with Crippen LogP contribution in [0.5, 0.6) is 5.75 Å². The van der Waals surface area contributed by atoms with Crippen molar-refractivity contribution in [1.29, 1.82) is 0 Å². The third kappa shape index (κ3) is 5.59. The normalized spacial score (nSPS) is 10.9. The van der Waals surface area contributed by atoms with Crippen molar-refractivity contribution < 1.29 is 13.5 Å².